The minimum Gasteiger partial charge on any atom is -0.481 e. The fourth-order valence-corrected chi connectivity index (χ4v) is 2.64. The molecule has 23 heavy (non-hydrogen) atoms. The molecule has 2 N–H and O–H groups in total. The molecule has 2 amide bonds. The van der Waals surface area contributed by atoms with Crippen LogP contribution in [0.4, 0.5) is 10.5 Å². The van der Waals surface area contributed by atoms with Crippen LogP contribution >= 0.6 is 0 Å². The summed E-state index contributed by atoms with van der Waals surface area (Å²) in [4.78, 5) is 18.5. The van der Waals surface area contributed by atoms with Crippen molar-refractivity contribution in [2.75, 3.05) is 45.3 Å². The van der Waals surface area contributed by atoms with Crippen molar-refractivity contribution in [1.29, 1.82) is 0 Å². The molecule has 7 nitrogen and oxygen atoms in total. The molecule has 7 heteroatoms. The van der Waals surface area contributed by atoms with Crippen LogP contribution in [0.3, 0.4) is 0 Å². The second-order valence-electron chi connectivity index (χ2n) is 5.88. The van der Waals surface area contributed by atoms with Gasteiger partial charge >= 0.3 is 6.03 Å². The number of pyridine rings is 1. The quantitative estimate of drug-likeness (QED) is 0.831. The van der Waals surface area contributed by atoms with Crippen LogP contribution in [0.25, 0.3) is 0 Å². The number of nitrogens with one attached hydrogen (secondary N) is 2. The van der Waals surface area contributed by atoms with Crippen molar-refractivity contribution < 1.29 is 14.3 Å². The highest BCUT2D eigenvalue weighted by molar-refractivity contribution is 5.89. The van der Waals surface area contributed by atoms with E-state index >= 15 is 0 Å². The number of hydrogen-bond donors (Lipinski definition) is 2. The SMILES string of the molecule is COc1ccc(NC(=O)NC[C@H](C(C)C)N2CCOCC2)cn1. The van der Waals surface area contributed by atoms with E-state index in [1.54, 1.807) is 25.4 Å². The minimum atomic E-state index is -0.226. The highest BCUT2D eigenvalue weighted by Gasteiger charge is 2.24. The number of hydrogen-bond acceptors (Lipinski definition) is 5. The standard InChI is InChI=1S/C16H26N4O3/c1-12(2)14(20-6-8-23-9-7-20)11-18-16(21)19-13-4-5-15(22-3)17-10-13/h4-5,10,12,14H,6-9,11H2,1-3H3,(H2,18,19,21)/t14-/m1/s1. The van der Waals surface area contributed by atoms with Crippen LogP contribution in [0.5, 0.6) is 5.88 Å². The number of carbonyl (C=O) groups is 1. The van der Waals surface area contributed by atoms with E-state index in [-0.39, 0.29) is 6.03 Å². The molecule has 128 valence electrons. The van der Waals surface area contributed by atoms with E-state index in [2.05, 4.69) is 34.4 Å². The molecule has 0 aromatic carbocycles. The number of anilines is 1. The van der Waals surface area contributed by atoms with Gasteiger partial charge in [-0.3, -0.25) is 4.90 Å². The maximum atomic E-state index is 12.1. The normalized spacial score (nSPS) is 16.9. The lowest BCUT2D eigenvalue weighted by Crippen LogP contribution is -2.51. The monoisotopic (exact) mass is 322 g/mol. The van der Waals surface area contributed by atoms with Crippen LogP contribution in [-0.2, 0) is 4.74 Å². The van der Waals surface area contributed by atoms with Gasteiger partial charge in [-0.05, 0) is 12.0 Å². The van der Waals surface area contributed by atoms with Crippen LogP contribution in [0.15, 0.2) is 18.3 Å². The highest BCUT2D eigenvalue weighted by Crippen LogP contribution is 2.13. The van der Waals surface area contributed by atoms with Gasteiger partial charge in [-0.1, -0.05) is 13.8 Å². The largest absolute Gasteiger partial charge is 0.481 e. The molecule has 2 rings (SSSR count). The number of ether oxygens (including phenoxy) is 2. The smallest absolute Gasteiger partial charge is 0.319 e. The molecule has 1 aromatic heterocycles. The number of rotatable bonds is 6. The molecule has 0 unspecified atom stereocenters. The number of aromatic nitrogens is 1. The van der Waals surface area contributed by atoms with Gasteiger partial charge in [0.2, 0.25) is 5.88 Å². The summed E-state index contributed by atoms with van der Waals surface area (Å²) in [7, 11) is 1.56. The summed E-state index contributed by atoms with van der Waals surface area (Å²) in [6.07, 6.45) is 1.57. The zero-order valence-electron chi connectivity index (χ0n) is 14.0. The topological polar surface area (TPSA) is 75.7 Å². The van der Waals surface area contributed by atoms with Gasteiger partial charge in [0.25, 0.3) is 0 Å². The summed E-state index contributed by atoms with van der Waals surface area (Å²) >= 11 is 0. The van der Waals surface area contributed by atoms with Gasteiger partial charge in [0.1, 0.15) is 0 Å². The van der Waals surface area contributed by atoms with Crippen molar-refractivity contribution in [3.8, 4) is 5.88 Å². The summed E-state index contributed by atoms with van der Waals surface area (Å²) in [5.41, 5.74) is 0.635. The molecule has 1 aromatic rings. The lowest BCUT2D eigenvalue weighted by molar-refractivity contribution is 0.00728. The second kappa shape index (κ2) is 8.69. The molecule has 0 spiro atoms. The Bertz CT molecular complexity index is 487. The summed E-state index contributed by atoms with van der Waals surface area (Å²) < 4.78 is 10.4. The average Bonchev–Trinajstić information content (AvgIpc) is 2.56. The Kier molecular flexibility index (Phi) is 6.61. The van der Waals surface area contributed by atoms with Crippen LogP contribution in [-0.4, -0.2) is 61.9 Å². The molecule has 0 saturated carbocycles. The van der Waals surface area contributed by atoms with Crippen molar-refractivity contribution in [3.05, 3.63) is 18.3 Å². The number of nitrogens with zero attached hydrogens (tertiary/aromatic N) is 2. The number of urea groups is 1. The van der Waals surface area contributed by atoms with Crippen molar-refractivity contribution in [1.82, 2.24) is 15.2 Å². The molecule has 0 aliphatic carbocycles. The molecule has 0 radical (unpaired) electrons. The van der Waals surface area contributed by atoms with Crippen molar-refractivity contribution in [3.63, 3.8) is 0 Å². The lowest BCUT2D eigenvalue weighted by Gasteiger charge is -2.36. The van der Waals surface area contributed by atoms with E-state index < -0.39 is 0 Å². The molecule has 1 aliphatic heterocycles. The molecule has 1 fully saturated rings. The third kappa shape index (κ3) is 5.37. The summed E-state index contributed by atoms with van der Waals surface area (Å²) in [6.45, 7) is 8.29. The summed E-state index contributed by atoms with van der Waals surface area (Å²) in [6, 6.07) is 3.54. The maximum Gasteiger partial charge on any atom is 0.319 e. The summed E-state index contributed by atoms with van der Waals surface area (Å²) in [5, 5.41) is 5.73. The fourth-order valence-electron chi connectivity index (χ4n) is 2.64. The zero-order chi connectivity index (χ0) is 16.7. The van der Waals surface area contributed by atoms with Crippen LogP contribution in [0.2, 0.25) is 0 Å². The van der Waals surface area contributed by atoms with Crippen LogP contribution in [0.1, 0.15) is 13.8 Å². The molecular formula is C16H26N4O3. The predicted molar refractivity (Wildman–Crippen MR) is 88.8 cm³/mol. The van der Waals surface area contributed by atoms with Crippen molar-refractivity contribution >= 4 is 11.7 Å². The van der Waals surface area contributed by atoms with Gasteiger partial charge in [-0.15, -0.1) is 0 Å². The molecule has 2 heterocycles. The molecule has 1 saturated heterocycles. The number of morpholine rings is 1. The minimum absolute atomic E-state index is 0.226. The van der Waals surface area contributed by atoms with Gasteiger partial charge in [0, 0.05) is 31.7 Å². The van der Waals surface area contributed by atoms with Crippen LogP contribution in [0, 0.1) is 5.92 Å². The zero-order valence-corrected chi connectivity index (χ0v) is 14.0. The van der Waals surface area contributed by atoms with E-state index in [1.165, 1.54) is 0 Å². The Morgan fingerprint density at radius 1 is 1.39 bits per heavy atom. The van der Waals surface area contributed by atoms with Crippen LogP contribution < -0.4 is 15.4 Å². The average molecular weight is 322 g/mol. The first-order chi connectivity index (χ1) is 11.1. The number of amides is 2. The van der Waals surface area contributed by atoms with Gasteiger partial charge in [0.05, 0.1) is 32.2 Å². The Balaban J connectivity index is 1.83. The molecule has 1 atom stereocenters. The van der Waals surface area contributed by atoms with Gasteiger partial charge in [-0.25, -0.2) is 9.78 Å². The Morgan fingerprint density at radius 2 is 2.13 bits per heavy atom. The first-order valence-corrected chi connectivity index (χ1v) is 7.97. The number of methoxy groups -OCH3 is 1. The first-order valence-electron chi connectivity index (χ1n) is 7.97. The van der Waals surface area contributed by atoms with Gasteiger partial charge in [0.15, 0.2) is 0 Å². The Hall–Kier alpha value is -1.86. The van der Waals surface area contributed by atoms with E-state index in [0.717, 1.165) is 26.3 Å². The highest BCUT2D eigenvalue weighted by atomic mass is 16.5. The van der Waals surface area contributed by atoms with Gasteiger partial charge < -0.3 is 20.1 Å². The summed E-state index contributed by atoms with van der Waals surface area (Å²) in [5.74, 6) is 0.971. The Labute approximate surface area is 137 Å². The third-order valence-electron chi connectivity index (χ3n) is 3.96. The first kappa shape index (κ1) is 17.5. The van der Waals surface area contributed by atoms with E-state index in [9.17, 15) is 4.79 Å². The number of carbonyl (C=O) groups excluding carboxylic acids is 1. The molecule has 1 aliphatic rings. The maximum absolute atomic E-state index is 12.1. The predicted octanol–water partition coefficient (Wildman–Crippen LogP) is 1.57. The second-order valence-corrected chi connectivity index (χ2v) is 5.88. The van der Waals surface area contributed by atoms with E-state index in [4.69, 9.17) is 9.47 Å². The van der Waals surface area contributed by atoms with Crippen molar-refractivity contribution in [2.45, 2.75) is 19.9 Å². The van der Waals surface area contributed by atoms with E-state index in [1.807, 2.05) is 0 Å². The van der Waals surface area contributed by atoms with E-state index in [0.29, 0.717) is 30.1 Å². The Morgan fingerprint density at radius 3 is 2.70 bits per heavy atom. The molecular weight excluding hydrogens is 296 g/mol. The molecule has 0 bridgehead atoms. The lowest BCUT2D eigenvalue weighted by atomic mass is 10.0. The fraction of sp³-hybridized carbons (Fsp3) is 0.625. The third-order valence-corrected chi connectivity index (χ3v) is 3.96. The van der Waals surface area contributed by atoms with Crippen molar-refractivity contribution in [2.24, 2.45) is 5.92 Å². The van der Waals surface area contributed by atoms with Gasteiger partial charge in [-0.2, -0.15) is 0 Å².